The Morgan fingerprint density at radius 3 is 2.71 bits per heavy atom. The van der Waals surface area contributed by atoms with E-state index in [1.165, 1.54) is 0 Å². The molecule has 0 atom stereocenters. The highest BCUT2D eigenvalue weighted by Crippen LogP contribution is 2.08. The molecule has 1 aromatic rings. The first kappa shape index (κ1) is 15.6. The van der Waals surface area contributed by atoms with E-state index in [0.717, 1.165) is 38.5 Å². The Morgan fingerprint density at radius 1 is 1.19 bits per heavy atom. The lowest BCUT2D eigenvalue weighted by Crippen LogP contribution is -2.41. The monoisotopic (exact) mass is 293 g/mol. The summed E-state index contributed by atoms with van der Waals surface area (Å²) in [4.78, 5) is 7.40. The minimum absolute atomic E-state index is 0.497. The van der Waals surface area contributed by atoms with Crippen LogP contribution in [0.15, 0.2) is 35.5 Å². The van der Waals surface area contributed by atoms with E-state index in [2.05, 4.69) is 10.1 Å². The van der Waals surface area contributed by atoms with Gasteiger partial charge in [-0.1, -0.05) is 23.4 Å². The van der Waals surface area contributed by atoms with Crippen LogP contribution in [-0.4, -0.2) is 56.8 Å². The second kappa shape index (κ2) is 9.20. The quantitative estimate of drug-likeness (QED) is 0.336. The summed E-state index contributed by atoms with van der Waals surface area (Å²) in [5.41, 5.74) is 5.82. The van der Waals surface area contributed by atoms with E-state index in [1.807, 2.05) is 30.3 Å². The minimum Gasteiger partial charge on any atom is -0.493 e. The molecule has 0 unspecified atom stereocenters. The lowest BCUT2D eigenvalue weighted by Gasteiger charge is -2.25. The van der Waals surface area contributed by atoms with Gasteiger partial charge in [-0.2, -0.15) is 0 Å². The Labute approximate surface area is 125 Å². The van der Waals surface area contributed by atoms with Crippen molar-refractivity contribution < 1.29 is 14.3 Å². The summed E-state index contributed by atoms with van der Waals surface area (Å²) in [7, 11) is 0. The van der Waals surface area contributed by atoms with Gasteiger partial charge in [0, 0.05) is 19.5 Å². The van der Waals surface area contributed by atoms with Gasteiger partial charge in [0.15, 0.2) is 5.84 Å². The maximum atomic E-state index is 5.82. The molecular formula is C15H23N3O3. The predicted molar refractivity (Wildman–Crippen MR) is 81.4 cm³/mol. The molecule has 21 heavy (non-hydrogen) atoms. The van der Waals surface area contributed by atoms with Gasteiger partial charge in [0.1, 0.15) is 12.4 Å². The maximum absolute atomic E-state index is 5.82. The van der Waals surface area contributed by atoms with Crippen LogP contribution in [0.4, 0.5) is 0 Å². The minimum atomic E-state index is 0.497. The van der Waals surface area contributed by atoms with Gasteiger partial charge in [-0.05, 0) is 12.1 Å². The lowest BCUT2D eigenvalue weighted by atomic mass is 10.3. The molecule has 2 N–H and O–H groups in total. The zero-order chi connectivity index (χ0) is 14.8. The van der Waals surface area contributed by atoms with Gasteiger partial charge >= 0.3 is 0 Å². The van der Waals surface area contributed by atoms with E-state index >= 15 is 0 Å². The fraction of sp³-hybridized carbons (Fsp3) is 0.533. The zero-order valence-corrected chi connectivity index (χ0v) is 12.2. The Hall–Kier alpha value is -1.79. The smallest absolute Gasteiger partial charge is 0.153 e. The number of rotatable bonds is 8. The summed E-state index contributed by atoms with van der Waals surface area (Å²) < 4.78 is 10.8. The third-order valence-corrected chi connectivity index (χ3v) is 3.06. The second-order valence-electron chi connectivity index (χ2n) is 4.82. The van der Waals surface area contributed by atoms with E-state index in [9.17, 15) is 0 Å². The molecule has 6 heteroatoms. The number of oxime groups is 1. The van der Waals surface area contributed by atoms with Gasteiger partial charge in [0.2, 0.25) is 0 Å². The number of nitrogens with zero attached hydrogens (tertiary/aromatic N) is 2. The topological polar surface area (TPSA) is 69.3 Å². The summed E-state index contributed by atoms with van der Waals surface area (Å²) in [5, 5.41) is 3.92. The lowest BCUT2D eigenvalue weighted by molar-refractivity contribution is 0.0443. The van der Waals surface area contributed by atoms with Crippen LogP contribution in [0.25, 0.3) is 0 Å². The first-order valence-corrected chi connectivity index (χ1v) is 7.27. The Kier molecular flexibility index (Phi) is 6.83. The SMILES string of the molecule is N/C(CN1CCOCC1)=N\OCCCOc1ccccc1. The molecule has 0 aliphatic carbocycles. The summed E-state index contributed by atoms with van der Waals surface area (Å²) in [5.74, 6) is 1.37. The average molecular weight is 293 g/mol. The molecule has 0 radical (unpaired) electrons. The van der Waals surface area contributed by atoms with Gasteiger partial charge in [0.05, 0.1) is 26.4 Å². The summed E-state index contributed by atoms with van der Waals surface area (Å²) in [6.07, 6.45) is 0.767. The van der Waals surface area contributed by atoms with Gasteiger partial charge < -0.3 is 20.0 Å². The predicted octanol–water partition coefficient (Wildman–Crippen LogP) is 1.08. The Morgan fingerprint density at radius 2 is 1.95 bits per heavy atom. The highest BCUT2D eigenvalue weighted by atomic mass is 16.6. The average Bonchev–Trinajstić information content (AvgIpc) is 2.53. The van der Waals surface area contributed by atoms with Crippen molar-refractivity contribution in [3.8, 4) is 5.75 Å². The number of hydrogen-bond donors (Lipinski definition) is 1. The molecule has 116 valence electrons. The number of nitrogens with two attached hydrogens (primary N) is 1. The van der Waals surface area contributed by atoms with E-state index in [0.29, 0.717) is 25.6 Å². The van der Waals surface area contributed by atoms with Crippen LogP contribution in [0.5, 0.6) is 5.75 Å². The number of hydrogen-bond acceptors (Lipinski definition) is 5. The fourth-order valence-corrected chi connectivity index (χ4v) is 1.98. The van der Waals surface area contributed by atoms with Gasteiger partial charge in [-0.15, -0.1) is 0 Å². The van der Waals surface area contributed by atoms with Crippen molar-refractivity contribution in [2.24, 2.45) is 10.9 Å². The number of benzene rings is 1. The Bertz CT molecular complexity index is 419. The van der Waals surface area contributed by atoms with E-state index in [4.69, 9.17) is 20.0 Å². The molecular weight excluding hydrogens is 270 g/mol. The van der Waals surface area contributed by atoms with Crippen LogP contribution in [-0.2, 0) is 9.57 Å². The van der Waals surface area contributed by atoms with Crippen molar-refractivity contribution in [1.82, 2.24) is 4.90 Å². The van der Waals surface area contributed by atoms with Crippen LogP contribution >= 0.6 is 0 Å². The highest BCUT2D eigenvalue weighted by Gasteiger charge is 2.11. The molecule has 0 amide bonds. The molecule has 2 rings (SSSR count). The standard InChI is InChI=1S/C15H23N3O3/c16-15(13-18-7-11-19-12-8-18)17-21-10-4-9-20-14-5-2-1-3-6-14/h1-3,5-6H,4,7-13H2,(H2,16,17). The third kappa shape index (κ3) is 6.46. The number of morpholine rings is 1. The van der Waals surface area contributed by atoms with Crippen LogP contribution in [0.3, 0.4) is 0 Å². The van der Waals surface area contributed by atoms with Crippen LogP contribution in [0.2, 0.25) is 0 Å². The van der Waals surface area contributed by atoms with Crippen molar-refractivity contribution in [2.75, 3.05) is 46.1 Å². The summed E-state index contributed by atoms with van der Waals surface area (Å²) in [6, 6.07) is 9.71. The number of amidine groups is 1. The summed E-state index contributed by atoms with van der Waals surface area (Å²) >= 11 is 0. The number of para-hydroxylation sites is 1. The molecule has 1 saturated heterocycles. The van der Waals surface area contributed by atoms with Gasteiger partial charge in [0.25, 0.3) is 0 Å². The molecule has 1 aliphatic rings. The maximum Gasteiger partial charge on any atom is 0.153 e. The van der Waals surface area contributed by atoms with Crippen molar-refractivity contribution >= 4 is 5.84 Å². The fourth-order valence-electron chi connectivity index (χ4n) is 1.98. The van der Waals surface area contributed by atoms with Crippen molar-refractivity contribution in [3.63, 3.8) is 0 Å². The van der Waals surface area contributed by atoms with E-state index in [1.54, 1.807) is 0 Å². The van der Waals surface area contributed by atoms with Gasteiger partial charge in [-0.25, -0.2) is 0 Å². The first-order valence-electron chi connectivity index (χ1n) is 7.27. The third-order valence-electron chi connectivity index (χ3n) is 3.06. The molecule has 0 saturated carbocycles. The molecule has 0 spiro atoms. The Balaban J connectivity index is 1.52. The normalized spacial score (nSPS) is 16.7. The van der Waals surface area contributed by atoms with E-state index < -0.39 is 0 Å². The van der Waals surface area contributed by atoms with Crippen LogP contribution in [0.1, 0.15) is 6.42 Å². The zero-order valence-electron chi connectivity index (χ0n) is 12.2. The van der Waals surface area contributed by atoms with Crippen LogP contribution in [0, 0.1) is 0 Å². The largest absolute Gasteiger partial charge is 0.493 e. The molecule has 1 fully saturated rings. The molecule has 0 aromatic heterocycles. The van der Waals surface area contributed by atoms with E-state index in [-0.39, 0.29) is 0 Å². The van der Waals surface area contributed by atoms with Crippen LogP contribution < -0.4 is 10.5 Å². The van der Waals surface area contributed by atoms with Crippen molar-refractivity contribution in [3.05, 3.63) is 30.3 Å². The molecule has 0 bridgehead atoms. The van der Waals surface area contributed by atoms with Gasteiger partial charge in [-0.3, -0.25) is 4.90 Å². The first-order chi connectivity index (χ1) is 10.3. The highest BCUT2D eigenvalue weighted by molar-refractivity contribution is 5.81. The van der Waals surface area contributed by atoms with Crippen molar-refractivity contribution in [2.45, 2.75) is 6.42 Å². The summed E-state index contributed by atoms with van der Waals surface area (Å²) in [6.45, 7) is 5.02. The molecule has 1 aromatic carbocycles. The molecule has 6 nitrogen and oxygen atoms in total. The van der Waals surface area contributed by atoms with Crippen molar-refractivity contribution in [1.29, 1.82) is 0 Å². The molecule has 1 aliphatic heterocycles. The molecule has 1 heterocycles. The second-order valence-corrected chi connectivity index (χ2v) is 4.82. The number of ether oxygens (including phenoxy) is 2.